The molecule has 26 heavy (non-hydrogen) atoms. The first-order chi connectivity index (χ1) is 12.3. The molecule has 0 bridgehead atoms. The van der Waals surface area contributed by atoms with Crippen LogP contribution in [-0.4, -0.2) is 31.9 Å². The average molecular weight is 357 g/mol. The Morgan fingerprint density at radius 1 is 0.923 bits per heavy atom. The summed E-state index contributed by atoms with van der Waals surface area (Å²) in [5.74, 6) is 0. The number of nitrogens with zero attached hydrogens (tertiary/aromatic N) is 4. The fourth-order valence-electron chi connectivity index (χ4n) is 3.87. The Morgan fingerprint density at radius 3 is 1.65 bits per heavy atom. The lowest BCUT2D eigenvalue weighted by Crippen LogP contribution is -2.63. The molecule has 2 aromatic rings. The van der Waals surface area contributed by atoms with Crippen molar-refractivity contribution in [3.63, 3.8) is 0 Å². The first kappa shape index (κ1) is 17.9. The molecule has 0 radical (unpaired) electrons. The van der Waals surface area contributed by atoms with Crippen molar-refractivity contribution in [2.45, 2.75) is 38.0 Å². The SMILES string of the molecule is CC1(C)[C@H]([N+](=O)[O-])[C@H](c2cccnc2)N[C@@H](c2cccnc2)[C@H]1[N+](=O)[O-]. The molecule has 1 saturated heterocycles. The quantitative estimate of drug-likeness (QED) is 0.657. The van der Waals surface area contributed by atoms with E-state index in [0.29, 0.717) is 11.1 Å². The molecule has 9 nitrogen and oxygen atoms in total. The van der Waals surface area contributed by atoms with Gasteiger partial charge in [-0.25, -0.2) is 0 Å². The van der Waals surface area contributed by atoms with Crippen molar-refractivity contribution >= 4 is 0 Å². The molecule has 0 aromatic carbocycles. The smallest absolute Gasteiger partial charge is 0.244 e. The highest BCUT2D eigenvalue weighted by Gasteiger charge is 2.62. The van der Waals surface area contributed by atoms with E-state index in [9.17, 15) is 20.2 Å². The van der Waals surface area contributed by atoms with Gasteiger partial charge in [0, 0.05) is 34.6 Å². The minimum Gasteiger partial charge on any atom is -0.291 e. The highest BCUT2D eigenvalue weighted by atomic mass is 16.6. The van der Waals surface area contributed by atoms with E-state index < -0.39 is 39.4 Å². The van der Waals surface area contributed by atoms with Gasteiger partial charge in [0.25, 0.3) is 0 Å². The standard InChI is InChI=1S/C17H19N5O4/c1-17(2)15(21(23)24)13(11-5-3-7-18-9-11)20-14(16(17)22(25)26)12-6-4-8-19-10-12/h3-10,13-16,20H,1-2H3/t13-,14-,15+,16+/m0/s1. The van der Waals surface area contributed by atoms with E-state index >= 15 is 0 Å². The summed E-state index contributed by atoms with van der Waals surface area (Å²) in [6, 6.07) is 3.07. The van der Waals surface area contributed by atoms with Crippen molar-refractivity contribution in [3.05, 3.63) is 80.4 Å². The Hall–Kier alpha value is -2.94. The van der Waals surface area contributed by atoms with Gasteiger partial charge in [0.2, 0.25) is 12.1 Å². The van der Waals surface area contributed by atoms with Gasteiger partial charge in [-0.15, -0.1) is 0 Å². The van der Waals surface area contributed by atoms with Crippen molar-refractivity contribution in [2.75, 3.05) is 0 Å². The van der Waals surface area contributed by atoms with Gasteiger partial charge >= 0.3 is 0 Å². The molecule has 2 aromatic heterocycles. The van der Waals surface area contributed by atoms with Crippen molar-refractivity contribution in [3.8, 4) is 0 Å². The van der Waals surface area contributed by atoms with E-state index in [4.69, 9.17) is 0 Å². The Bertz CT molecular complexity index is 734. The molecule has 3 heterocycles. The van der Waals surface area contributed by atoms with Gasteiger partial charge in [-0.1, -0.05) is 12.1 Å². The van der Waals surface area contributed by atoms with Gasteiger partial charge in [-0.2, -0.15) is 0 Å². The third-order valence-corrected chi connectivity index (χ3v) is 5.06. The second kappa shape index (κ2) is 6.75. The number of hydrogen-bond acceptors (Lipinski definition) is 7. The molecule has 4 atom stereocenters. The Kier molecular flexibility index (Phi) is 4.64. The molecule has 3 rings (SSSR count). The normalized spacial score (nSPS) is 27.6. The zero-order chi connectivity index (χ0) is 18.9. The van der Waals surface area contributed by atoms with Crippen molar-refractivity contribution < 1.29 is 9.85 Å². The zero-order valence-corrected chi connectivity index (χ0v) is 14.4. The predicted molar refractivity (Wildman–Crippen MR) is 92.4 cm³/mol. The first-order valence-corrected chi connectivity index (χ1v) is 8.17. The van der Waals surface area contributed by atoms with Crippen LogP contribution < -0.4 is 5.32 Å². The van der Waals surface area contributed by atoms with E-state index in [1.54, 1.807) is 62.9 Å². The summed E-state index contributed by atoms with van der Waals surface area (Å²) < 4.78 is 0. The summed E-state index contributed by atoms with van der Waals surface area (Å²) in [6.07, 6.45) is 6.27. The average Bonchev–Trinajstić information content (AvgIpc) is 2.60. The number of piperidine rings is 1. The highest BCUT2D eigenvalue weighted by Crippen LogP contribution is 2.46. The third kappa shape index (κ3) is 3.01. The molecule has 0 aliphatic carbocycles. The molecular formula is C17H19N5O4. The number of rotatable bonds is 4. The molecule has 1 N–H and O–H groups in total. The summed E-state index contributed by atoms with van der Waals surface area (Å²) in [5.41, 5.74) is 0.0372. The molecule has 0 amide bonds. The van der Waals surface area contributed by atoms with Gasteiger partial charge in [0.05, 0.1) is 0 Å². The summed E-state index contributed by atoms with van der Waals surface area (Å²) in [4.78, 5) is 31.0. The van der Waals surface area contributed by atoms with Gasteiger partial charge in [0.1, 0.15) is 17.5 Å². The maximum absolute atomic E-state index is 11.9. The molecule has 1 fully saturated rings. The van der Waals surface area contributed by atoms with Gasteiger partial charge < -0.3 is 0 Å². The van der Waals surface area contributed by atoms with Crippen LogP contribution in [0.1, 0.15) is 37.1 Å². The van der Waals surface area contributed by atoms with Gasteiger partial charge in [0.15, 0.2) is 0 Å². The van der Waals surface area contributed by atoms with E-state index in [0.717, 1.165) is 0 Å². The minimum atomic E-state index is -1.21. The molecule has 0 saturated carbocycles. The molecule has 1 aliphatic heterocycles. The maximum atomic E-state index is 11.9. The number of nitrogens with one attached hydrogen (secondary N) is 1. The molecule has 0 spiro atoms. The predicted octanol–water partition coefficient (Wildman–Crippen LogP) is 2.18. The van der Waals surface area contributed by atoms with Crippen LogP contribution in [0.4, 0.5) is 0 Å². The lowest BCUT2D eigenvalue weighted by Gasteiger charge is -2.44. The topological polar surface area (TPSA) is 124 Å². The van der Waals surface area contributed by atoms with E-state index in [1.807, 2.05) is 0 Å². The minimum absolute atomic E-state index is 0.430. The van der Waals surface area contributed by atoms with E-state index in [1.165, 1.54) is 0 Å². The molecule has 136 valence electrons. The monoisotopic (exact) mass is 357 g/mol. The fourth-order valence-corrected chi connectivity index (χ4v) is 3.87. The van der Waals surface area contributed by atoms with E-state index in [2.05, 4.69) is 15.3 Å². The van der Waals surface area contributed by atoms with Crippen LogP contribution >= 0.6 is 0 Å². The van der Waals surface area contributed by atoms with Crippen molar-refractivity contribution in [2.24, 2.45) is 5.41 Å². The van der Waals surface area contributed by atoms with Crippen molar-refractivity contribution in [1.29, 1.82) is 0 Å². The number of nitro groups is 2. The van der Waals surface area contributed by atoms with Crippen molar-refractivity contribution in [1.82, 2.24) is 15.3 Å². The zero-order valence-electron chi connectivity index (χ0n) is 14.4. The fraction of sp³-hybridized carbons (Fsp3) is 0.412. The van der Waals surface area contributed by atoms with Crippen LogP contribution in [0.2, 0.25) is 0 Å². The van der Waals surface area contributed by atoms with E-state index in [-0.39, 0.29) is 0 Å². The molecular weight excluding hydrogens is 338 g/mol. The largest absolute Gasteiger partial charge is 0.291 e. The number of pyridine rings is 2. The third-order valence-electron chi connectivity index (χ3n) is 5.06. The molecule has 1 aliphatic rings. The molecule has 0 unspecified atom stereocenters. The van der Waals surface area contributed by atoms with Crippen LogP contribution in [0.5, 0.6) is 0 Å². The van der Waals surface area contributed by atoms with Crippen LogP contribution in [0.25, 0.3) is 0 Å². The lowest BCUT2D eigenvalue weighted by molar-refractivity contribution is -0.605. The van der Waals surface area contributed by atoms with Gasteiger partial charge in [-0.3, -0.25) is 35.5 Å². The number of aromatic nitrogens is 2. The lowest BCUT2D eigenvalue weighted by atomic mass is 9.66. The van der Waals surface area contributed by atoms with Crippen LogP contribution in [0.15, 0.2) is 49.1 Å². The van der Waals surface area contributed by atoms with Crippen LogP contribution in [-0.2, 0) is 0 Å². The van der Waals surface area contributed by atoms with Crippen LogP contribution in [0, 0.1) is 25.6 Å². The second-order valence-corrected chi connectivity index (χ2v) is 6.98. The van der Waals surface area contributed by atoms with Gasteiger partial charge in [-0.05, 0) is 37.1 Å². The highest BCUT2D eigenvalue weighted by molar-refractivity contribution is 5.25. The second-order valence-electron chi connectivity index (χ2n) is 6.98. The maximum Gasteiger partial charge on any atom is 0.244 e. The Labute approximate surface area is 149 Å². The Morgan fingerprint density at radius 2 is 1.35 bits per heavy atom. The summed E-state index contributed by atoms with van der Waals surface area (Å²) in [6.45, 7) is 3.17. The summed E-state index contributed by atoms with van der Waals surface area (Å²) >= 11 is 0. The molecule has 9 heteroatoms. The Balaban J connectivity index is 2.14. The van der Waals surface area contributed by atoms with Crippen LogP contribution in [0.3, 0.4) is 0 Å². The number of hydrogen-bond donors (Lipinski definition) is 1. The summed E-state index contributed by atoms with van der Waals surface area (Å²) in [5, 5.41) is 26.9. The first-order valence-electron chi connectivity index (χ1n) is 8.17. The summed E-state index contributed by atoms with van der Waals surface area (Å²) in [7, 11) is 0.